The summed E-state index contributed by atoms with van der Waals surface area (Å²) in [4.78, 5) is 21.2. The molecule has 0 saturated heterocycles. The third kappa shape index (κ3) is 4.79. The number of nitrogen functional groups attached to an aromatic ring is 1. The van der Waals surface area contributed by atoms with E-state index < -0.39 is 0 Å². The Morgan fingerprint density at radius 1 is 0.848 bits per heavy atom. The van der Waals surface area contributed by atoms with Gasteiger partial charge in [-0.2, -0.15) is 14.7 Å². The topological polar surface area (TPSA) is 111 Å². The average Bonchev–Trinajstić information content (AvgIpc) is 3.21. The lowest BCUT2D eigenvalue weighted by molar-refractivity contribution is -0.191. The summed E-state index contributed by atoms with van der Waals surface area (Å²) in [6.07, 6.45) is 0.250. The molecule has 7 heteroatoms. The minimum Gasteiger partial charge on any atom is -0.457 e. The molecule has 0 amide bonds. The highest BCUT2D eigenvalue weighted by Gasteiger charge is 2.15. The molecule has 0 aliphatic heterocycles. The minimum atomic E-state index is 0.250. The molecular formula is C26H20N4O3. The van der Waals surface area contributed by atoms with Crippen LogP contribution >= 0.6 is 0 Å². The van der Waals surface area contributed by atoms with E-state index in [0.29, 0.717) is 5.82 Å². The number of aromatic amines is 1. The Balaban J connectivity index is 0.000000821. The van der Waals surface area contributed by atoms with Crippen LogP contribution in [0.4, 0.5) is 5.82 Å². The van der Waals surface area contributed by atoms with Gasteiger partial charge < -0.3 is 10.5 Å². The number of rotatable bonds is 4. The van der Waals surface area contributed by atoms with Gasteiger partial charge in [-0.1, -0.05) is 42.0 Å². The van der Waals surface area contributed by atoms with E-state index in [-0.39, 0.29) is 6.15 Å². The Kier molecular flexibility index (Phi) is 6.25. The molecule has 0 saturated carbocycles. The fourth-order valence-corrected chi connectivity index (χ4v) is 3.54. The van der Waals surface area contributed by atoms with Gasteiger partial charge in [0.15, 0.2) is 5.82 Å². The summed E-state index contributed by atoms with van der Waals surface area (Å²) in [5, 5.41) is 8.05. The third-order valence-electron chi connectivity index (χ3n) is 4.99. The number of fused-ring (bicyclic) bond motifs is 1. The first kappa shape index (κ1) is 21.5. The first-order chi connectivity index (χ1) is 16.1. The van der Waals surface area contributed by atoms with Gasteiger partial charge in [0, 0.05) is 11.1 Å². The van der Waals surface area contributed by atoms with Crippen molar-refractivity contribution < 1.29 is 14.3 Å². The van der Waals surface area contributed by atoms with Crippen LogP contribution in [-0.2, 0) is 9.59 Å². The maximum Gasteiger partial charge on any atom is 0.373 e. The lowest BCUT2D eigenvalue weighted by Gasteiger charge is -2.10. The lowest BCUT2D eigenvalue weighted by Crippen LogP contribution is -1.93. The molecular weight excluding hydrogens is 416 g/mol. The molecule has 5 rings (SSSR count). The number of pyridine rings is 1. The van der Waals surface area contributed by atoms with Crippen molar-refractivity contribution in [1.82, 2.24) is 15.2 Å². The van der Waals surface area contributed by atoms with Crippen molar-refractivity contribution in [2.75, 3.05) is 5.73 Å². The number of hydrogen-bond donors (Lipinski definition) is 2. The molecule has 162 valence electrons. The van der Waals surface area contributed by atoms with Crippen LogP contribution in [0.25, 0.3) is 33.4 Å². The van der Waals surface area contributed by atoms with E-state index >= 15 is 0 Å². The number of aryl methyl sites for hydroxylation is 1. The largest absolute Gasteiger partial charge is 0.457 e. The van der Waals surface area contributed by atoms with E-state index in [2.05, 4.69) is 35.3 Å². The molecule has 0 aliphatic carbocycles. The number of ether oxygens (including phenoxy) is 1. The Labute approximate surface area is 189 Å². The van der Waals surface area contributed by atoms with Crippen molar-refractivity contribution in [3.63, 3.8) is 0 Å². The quantitative estimate of drug-likeness (QED) is 0.391. The summed E-state index contributed by atoms with van der Waals surface area (Å²) in [6.45, 7) is 2.07. The first-order valence-electron chi connectivity index (χ1n) is 10.1. The van der Waals surface area contributed by atoms with Gasteiger partial charge in [-0.25, -0.2) is 4.98 Å². The number of para-hydroxylation sites is 1. The standard InChI is InChI=1S/C25H20N4O.CO2/c1-16-6-5-7-18(14-16)21-15-22-23(25(26)29-28-22)24(27-21)17-10-12-20(13-11-17)30-19-8-3-2-4-9-19;2-1-3/h2-15H,1H3,(H3,26,28,29);. The van der Waals surface area contributed by atoms with E-state index in [9.17, 15) is 0 Å². The molecule has 0 fully saturated rings. The molecule has 5 aromatic rings. The van der Waals surface area contributed by atoms with Crippen molar-refractivity contribution in [3.8, 4) is 34.0 Å². The molecule has 33 heavy (non-hydrogen) atoms. The van der Waals surface area contributed by atoms with Gasteiger partial charge in [-0.3, -0.25) is 5.10 Å². The summed E-state index contributed by atoms with van der Waals surface area (Å²) in [5.41, 5.74) is 11.9. The number of benzene rings is 3. The van der Waals surface area contributed by atoms with Crippen LogP contribution in [0.15, 0.2) is 84.9 Å². The van der Waals surface area contributed by atoms with Crippen LogP contribution in [-0.4, -0.2) is 21.3 Å². The van der Waals surface area contributed by atoms with Crippen LogP contribution in [0.3, 0.4) is 0 Å². The van der Waals surface area contributed by atoms with E-state index in [1.54, 1.807) is 0 Å². The van der Waals surface area contributed by atoms with Crippen LogP contribution < -0.4 is 10.5 Å². The highest BCUT2D eigenvalue weighted by atomic mass is 16.5. The second-order valence-electron chi connectivity index (χ2n) is 7.28. The summed E-state index contributed by atoms with van der Waals surface area (Å²) in [6, 6.07) is 27.8. The molecule has 0 unspecified atom stereocenters. The van der Waals surface area contributed by atoms with Crippen LogP contribution in [0.1, 0.15) is 5.56 Å². The van der Waals surface area contributed by atoms with E-state index in [4.69, 9.17) is 25.0 Å². The summed E-state index contributed by atoms with van der Waals surface area (Å²) in [5.74, 6) is 2.00. The van der Waals surface area contributed by atoms with Crippen molar-refractivity contribution in [1.29, 1.82) is 0 Å². The maximum atomic E-state index is 8.12. The third-order valence-corrected chi connectivity index (χ3v) is 4.99. The SMILES string of the molecule is Cc1cccc(-c2cc3[nH]nc(N)c3c(-c3ccc(Oc4ccccc4)cc3)n2)c1.O=C=O. The molecule has 2 aromatic heterocycles. The fraction of sp³-hybridized carbons (Fsp3) is 0.0385. The summed E-state index contributed by atoms with van der Waals surface area (Å²) >= 11 is 0. The van der Waals surface area contributed by atoms with Crippen molar-refractivity contribution in [2.24, 2.45) is 0 Å². The van der Waals surface area contributed by atoms with Gasteiger partial charge >= 0.3 is 6.15 Å². The number of nitrogens with zero attached hydrogens (tertiary/aromatic N) is 2. The van der Waals surface area contributed by atoms with Gasteiger partial charge in [0.1, 0.15) is 11.5 Å². The number of anilines is 1. The van der Waals surface area contributed by atoms with Crippen LogP contribution in [0.2, 0.25) is 0 Å². The number of hydrogen-bond acceptors (Lipinski definition) is 6. The smallest absolute Gasteiger partial charge is 0.373 e. The lowest BCUT2D eigenvalue weighted by atomic mass is 10.0. The van der Waals surface area contributed by atoms with Gasteiger partial charge in [0.05, 0.1) is 22.3 Å². The molecule has 3 N–H and O–H groups in total. The Bertz CT molecular complexity index is 1420. The van der Waals surface area contributed by atoms with E-state index in [1.807, 2.05) is 66.7 Å². The number of nitrogens with one attached hydrogen (secondary N) is 1. The summed E-state index contributed by atoms with van der Waals surface area (Å²) < 4.78 is 5.91. The van der Waals surface area contributed by atoms with Gasteiger partial charge in [0.25, 0.3) is 0 Å². The van der Waals surface area contributed by atoms with Gasteiger partial charge in [-0.15, -0.1) is 0 Å². The zero-order valence-corrected chi connectivity index (χ0v) is 17.8. The molecule has 2 heterocycles. The molecule has 7 nitrogen and oxygen atoms in total. The highest BCUT2D eigenvalue weighted by molar-refractivity contribution is 6.01. The van der Waals surface area contributed by atoms with Gasteiger partial charge in [0.2, 0.25) is 0 Å². The van der Waals surface area contributed by atoms with Crippen molar-refractivity contribution in [3.05, 3.63) is 90.5 Å². The van der Waals surface area contributed by atoms with E-state index in [0.717, 1.165) is 44.9 Å². The number of aromatic nitrogens is 3. The molecule has 0 bridgehead atoms. The normalized spacial score (nSPS) is 10.2. The molecule has 3 aromatic carbocycles. The zero-order valence-electron chi connectivity index (χ0n) is 17.8. The second-order valence-corrected chi connectivity index (χ2v) is 7.28. The Morgan fingerprint density at radius 3 is 2.24 bits per heavy atom. The van der Waals surface area contributed by atoms with E-state index in [1.165, 1.54) is 5.56 Å². The Morgan fingerprint density at radius 2 is 1.55 bits per heavy atom. The maximum absolute atomic E-state index is 8.12. The number of H-pyrrole nitrogens is 1. The monoisotopic (exact) mass is 436 g/mol. The summed E-state index contributed by atoms with van der Waals surface area (Å²) in [7, 11) is 0. The minimum absolute atomic E-state index is 0.250. The van der Waals surface area contributed by atoms with Crippen LogP contribution in [0, 0.1) is 6.92 Å². The predicted molar refractivity (Wildman–Crippen MR) is 125 cm³/mol. The number of nitrogens with two attached hydrogens (primary N) is 1. The molecule has 0 radical (unpaired) electrons. The zero-order chi connectivity index (χ0) is 23.2. The van der Waals surface area contributed by atoms with Gasteiger partial charge in [-0.05, 0) is 55.5 Å². The fourth-order valence-electron chi connectivity index (χ4n) is 3.54. The van der Waals surface area contributed by atoms with Crippen LogP contribution in [0.5, 0.6) is 11.5 Å². The second kappa shape index (κ2) is 9.60. The average molecular weight is 436 g/mol. The number of carbonyl (C=O) groups excluding carboxylic acids is 2. The molecule has 0 aliphatic rings. The molecule has 0 spiro atoms. The first-order valence-corrected chi connectivity index (χ1v) is 10.1. The van der Waals surface area contributed by atoms with Crippen molar-refractivity contribution >= 4 is 22.9 Å². The highest BCUT2D eigenvalue weighted by Crippen LogP contribution is 2.34. The molecule has 0 atom stereocenters. The Hall–Kier alpha value is -4.74. The van der Waals surface area contributed by atoms with Crippen molar-refractivity contribution in [2.45, 2.75) is 6.92 Å². The predicted octanol–water partition coefficient (Wildman–Crippen LogP) is 5.39.